The van der Waals surface area contributed by atoms with Crippen molar-refractivity contribution in [2.45, 2.75) is 25.9 Å². The Morgan fingerprint density at radius 3 is 3.13 bits per heavy atom. The Kier molecular flexibility index (Phi) is 2.63. The van der Waals surface area contributed by atoms with E-state index in [0.29, 0.717) is 17.6 Å². The van der Waals surface area contributed by atoms with Gasteiger partial charge in [-0.2, -0.15) is 0 Å². The molecule has 5 heteroatoms. The normalized spacial score (nSPS) is 19.7. The fourth-order valence-electron chi connectivity index (χ4n) is 1.71. The lowest BCUT2D eigenvalue weighted by Gasteiger charge is -2.23. The number of carbonyl (C=O) groups is 1. The molecule has 1 aliphatic rings. The summed E-state index contributed by atoms with van der Waals surface area (Å²) in [6.45, 7) is 2.64. The summed E-state index contributed by atoms with van der Waals surface area (Å²) in [5.41, 5.74) is 1.72. The van der Waals surface area contributed by atoms with E-state index in [1.807, 2.05) is 0 Å². The van der Waals surface area contributed by atoms with Gasteiger partial charge in [-0.15, -0.1) is 0 Å². The molecule has 0 aliphatic carbocycles. The minimum Gasteiger partial charge on any atom is -0.477 e. The van der Waals surface area contributed by atoms with Crippen molar-refractivity contribution in [3.05, 3.63) is 28.0 Å². The molecule has 2 heterocycles. The van der Waals surface area contributed by atoms with Crippen molar-refractivity contribution in [2.75, 3.05) is 0 Å². The van der Waals surface area contributed by atoms with Crippen LogP contribution in [0.3, 0.4) is 0 Å². The van der Waals surface area contributed by atoms with Crippen LogP contribution in [-0.2, 0) is 13.0 Å². The lowest BCUT2D eigenvalue weighted by Crippen LogP contribution is -2.34. The summed E-state index contributed by atoms with van der Waals surface area (Å²) in [6, 6.07) is 1.77. The molecule has 0 amide bonds. The maximum atomic E-state index is 10.8. The van der Waals surface area contributed by atoms with E-state index in [2.05, 4.69) is 17.2 Å². The minimum absolute atomic E-state index is 0.00935. The Balaban J connectivity index is 2.48. The first-order chi connectivity index (χ1) is 7.08. The number of halogens is 1. The molecule has 0 radical (unpaired) electrons. The predicted octanol–water partition coefficient (Wildman–Crippen LogP) is 1.47. The summed E-state index contributed by atoms with van der Waals surface area (Å²) < 4.78 is 0. The smallest absolute Gasteiger partial charge is 0.354 e. The lowest BCUT2D eigenvalue weighted by atomic mass is 10.0. The number of nitrogens with zero attached hydrogens (tertiary/aromatic N) is 1. The summed E-state index contributed by atoms with van der Waals surface area (Å²) in [5, 5.41) is 12.5. The van der Waals surface area contributed by atoms with E-state index >= 15 is 0 Å². The average molecular weight is 227 g/mol. The summed E-state index contributed by atoms with van der Waals surface area (Å²) >= 11 is 6.03. The van der Waals surface area contributed by atoms with Crippen LogP contribution in [0.2, 0.25) is 5.02 Å². The quantitative estimate of drug-likeness (QED) is 0.761. The van der Waals surface area contributed by atoms with Crippen LogP contribution < -0.4 is 5.32 Å². The predicted molar refractivity (Wildman–Crippen MR) is 56.2 cm³/mol. The van der Waals surface area contributed by atoms with Gasteiger partial charge in [-0.1, -0.05) is 11.6 Å². The zero-order valence-corrected chi connectivity index (χ0v) is 9.01. The van der Waals surface area contributed by atoms with Gasteiger partial charge in [-0.3, -0.25) is 0 Å². The maximum absolute atomic E-state index is 10.8. The Morgan fingerprint density at radius 2 is 2.47 bits per heavy atom. The number of aromatic carboxylic acids is 1. The summed E-state index contributed by atoms with van der Waals surface area (Å²) in [4.78, 5) is 14.8. The Labute approximate surface area is 92.3 Å². The molecule has 2 rings (SSSR count). The van der Waals surface area contributed by atoms with Gasteiger partial charge >= 0.3 is 5.97 Å². The average Bonchev–Trinajstić information content (AvgIpc) is 2.18. The van der Waals surface area contributed by atoms with E-state index in [0.717, 1.165) is 17.7 Å². The van der Waals surface area contributed by atoms with Gasteiger partial charge in [0.05, 0.1) is 5.69 Å². The second-order valence-electron chi connectivity index (χ2n) is 3.71. The number of carboxylic acid groups (broad SMARTS) is 1. The van der Waals surface area contributed by atoms with Crippen LogP contribution in [-0.4, -0.2) is 22.1 Å². The number of carboxylic acids is 1. The van der Waals surface area contributed by atoms with Crippen molar-refractivity contribution < 1.29 is 9.90 Å². The topological polar surface area (TPSA) is 62.2 Å². The number of rotatable bonds is 1. The first kappa shape index (κ1) is 10.4. The molecule has 1 aromatic heterocycles. The molecule has 4 nitrogen and oxygen atoms in total. The van der Waals surface area contributed by atoms with Crippen LogP contribution in [0.1, 0.15) is 28.7 Å². The molecule has 0 aromatic carbocycles. The molecule has 0 saturated carbocycles. The van der Waals surface area contributed by atoms with Crippen molar-refractivity contribution >= 4 is 17.6 Å². The van der Waals surface area contributed by atoms with Gasteiger partial charge in [0.25, 0.3) is 0 Å². The van der Waals surface area contributed by atoms with E-state index in [1.54, 1.807) is 0 Å². The van der Waals surface area contributed by atoms with Gasteiger partial charge in [0, 0.05) is 17.6 Å². The third-order valence-electron chi connectivity index (χ3n) is 2.50. The van der Waals surface area contributed by atoms with Crippen LogP contribution in [0.15, 0.2) is 6.07 Å². The van der Waals surface area contributed by atoms with Crippen LogP contribution >= 0.6 is 11.6 Å². The number of hydrogen-bond donors (Lipinski definition) is 2. The third-order valence-corrected chi connectivity index (χ3v) is 2.84. The minimum atomic E-state index is -1.04. The number of hydrogen-bond acceptors (Lipinski definition) is 3. The molecule has 1 atom stereocenters. The fourth-order valence-corrected chi connectivity index (χ4v) is 2.00. The van der Waals surface area contributed by atoms with Crippen molar-refractivity contribution in [3.8, 4) is 0 Å². The van der Waals surface area contributed by atoms with Crippen LogP contribution in [0.5, 0.6) is 0 Å². The first-order valence-electron chi connectivity index (χ1n) is 4.73. The largest absolute Gasteiger partial charge is 0.477 e. The van der Waals surface area contributed by atoms with Gasteiger partial charge < -0.3 is 10.4 Å². The fraction of sp³-hybridized carbons (Fsp3) is 0.400. The molecule has 15 heavy (non-hydrogen) atoms. The second kappa shape index (κ2) is 3.79. The number of pyridine rings is 1. The Bertz CT molecular complexity index is 420. The van der Waals surface area contributed by atoms with E-state index in [4.69, 9.17) is 16.7 Å². The standard InChI is InChI=1S/C10H11ClN2O2/c1-5-2-6-7(11)3-8(10(14)15)13-9(6)4-12-5/h3,5,12H,2,4H2,1H3,(H,14,15). The van der Waals surface area contributed by atoms with Gasteiger partial charge in [0.1, 0.15) is 5.69 Å². The van der Waals surface area contributed by atoms with E-state index in [-0.39, 0.29) is 5.69 Å². The summed E-state index contributed by atoms with van der Waals surface area (Å²) in [6.07, 6.45) is 0.793. The molecule has 0 fully saturated rings. The Morgan fingerprint density at radius 1 is 1.73 bits per heavy atom. The molecule has 0 bridgehead atoms. The van der Waals surface area contributed by atoms with Crippen molar-refractivity contribution in [3.63, 3.8) is 0 Å². The van der Waals surface area contributed by atoms with Crippen LogP contribution in [0.4, 0.5) is 0 Å². The zero-order valence-electron chi connectivity index (χ0n) is 8.25. The van der Waals surface area contributed by atoms with E-state index in [1.165, 1.54) is 6.07 Å². The Hall–Kier alpha value is -1.13. The third kappa shape index (κ3) is 1.96. The van der Waals surface area contributed by atoms with Crippen molar-refractivity contribution in [2.24, 2.45) is 0 Å². The number of fused-ring (bicyclic) bond motifs is 1. The van der Waals surface area contributed by atoms with Gasteiger partial charge in [-0.25, -0.2) is 9.78 Å². The zero-order chi connectivity index (χ0) is 11.0. The van der Waals surface area contributed by atoms with E-state index in [9.17, 15) is 4.79 Å². The van der Waals surface area contributed by atoms with Crippen molar-refractivity contribution in [1.29, 1.82) is 0 Å². The SMILES string of the molecule is CC1Cc2c(Cl)cc(C(=O)O)nc2CN1. The molecule has 80 valence electrons. The monoisotopic (exact) mass is 226 g/mol. The number of nitrogens with one attached hydrogen (secondary N) is 1. The summed E-state index contributed by atoms with van der Waals surface area (Å²) in [7, 11) is 0. The highest BCUT2D eigenvalue weighted by Gasteiger charge is 2.20. The maximum Gasteiger partial charge on any atom is 0.354 e. The molecular weight excluding hydrogens is 216 g/mol. The van der Waals surface area contributed by atoms with Gasteiger partial charge in [0.2, 0.25) is 0 Å². The lowest BCUT2D eigenvalue weighted by molar-refractivity contribution is 0.0690. The van der Waals surface area contributed by atoms with Crippen molar-refractivity contribution in [1.82, 2.24) is 10.3 Å². The first-order valence-corrected chi connectivity index (χ1v) is 5.10. The molecule has 0 spiro atoms. The molecule has 0 saturated heterocycles. The molecule has 2 N–H and O–H groups in total. The van der Waals surface area contributed by atoms with Crippen LogP contribution in [0.25, 0.3) is 0 Å². The van der Waals surface area contributed by atoms with Gasteiger partial charge in [0.15, 0.2) is 0 Å². The number of aromatic nitrogens is 1. The molecule has 1 aliphatic heterocycles. The summed E-state index contributed by atoms with van der Waals surface area (Å²) in [5.74, 6) is -1.04. The van der Waals surface area contributed by atoms with Crippen LogP contribution in [0, 0.1) is 0 Å². The van der Waals surface area contributed by atoms with E-state index < -0.39 is 5.97 Å². The molecule has 1 aromatic rings. The second-order valence-corrected chi connectivity index (χ2v) is 4.11. The molecule has 1 unspecified atom stereocenters. The highest BCUT2D eigenvalue weighted by atomic mass is 35.5. The molecular formula is C10H11ClN2O2. The van der Waals surface area contributed by atoms with Gasteiger partial charge in [-0.05, 0) is 25.0 Å². The highest BCUT2D eigenvalue weighted by Crippen LogP contribution is 2.24. The highest BCUT2D eigenvalue weighted by molar-refractivity contribution is 6.31.